The van der Waals surface area contributed by atoms with E-state index in [0.29, 0.717) is 49.7 Å². The van der Waals surface area contributed by atoms with Crippen molar-refractivity contribution in [1.82, 2.24) is 14.8 Å². The van der Waals surface area contributed by atoms with E-state index in [4.69, 9.17) is 4.74 Å². The van der Waals surface area contributed by atoms with E-state index in [1.54, 1.807) is 19.1 Å². The number of alkyl halides is 3. The van der Waals surface area contributed by atoms with E-state index in [9.17, 15) is 31.2 Å². The number of carbonyl (C=O) groups excluding carboxylic acids is 1. The topological polar surface area (TPSA) is 97.7 Å². The van der Waals surface area contributed by atoms with E-state index in [1.807, 2.05) is 0 Å². The minimum Gasteiger partial charge on any atom is -0.379 e. The fourth-order valence-electron chi connectivity index (χ4n) is 4.34. The molecule has 3 aromatic rings. The van der Waals surface area contributed by atoms with Crippen molar-refractivity contribution in [1.29, 1.82) is 0 Å². The third-order valence-corrected chi connectivity index (χ3v) is 7.66. The Kier molecular flexibility index (Phi) is 8.28. The zero-order chi connectivity index (χ0) is 28.4. The van der Waals surface area contributed by atoms with Crippen LogP contribution in [0.4, 0.5) is 13.2 Å². The van der Waals surface area contributed by atoms with Gasteiger partial charge in [0.2, 0.25) is 0 Å². The van der Waals surface area contributed by atoms with E-state index in [-0.39, 0.29) is 22.7 Å². The van der Waals surface area contributed by atoms with Crippen LogP contribution in [-0.4, -0.2) is 56.4 Å². The smallest absolute Gasteiger partial charge is 0.379 e. The first kappa shape index (κ1) is 28.5. The van der Waals surface area contributed by atoms with Crippen LogP contribution in [-0.2, 0) is 33.8 Å². The molecule has 208 valence electrons. The van der Waals surface area contributed by atoms with E-state index < -0.39 is 33.0 Å². The average molecular weight is 564 g/mol. The Labute approximate surface area is 223 Å². The molecule has 2 heterocycles. The second-order valence-electron chi connectivity index (χ2n) is 9.34. The molecule has 0 spiro atoms. The van der Waals surface area contributed by atoms with Gasteiger partial charge in [0.1, 0.15) is 5.56 Å². The molecule has 1 aliphatic heterocycles. The number of hydrogen-bond donors (Lipinski definition) is 1. The third-order valence-electron chi connectivity index (χ3n) is 6.53. The minimum absolute atomic E-state index is 0.00145. The number of carbonyl (C=O) groups is 1. The van der Waals surface area contributed by atoms with Crippen molar-refractivity contribution in [3.8, 4) is 5.69 Å². The zero-order valence-corrected chi connectivity index (χ0v) is 22.2. The molecule has 0 atom stereocenters. The van der Waals surface area contributed by atoms with Crippen LogP contribution in [0.1, 0.15) is 32.7 Å². The Hall–Kier alpha value is -3.48. The van der Waals surface area contributed by atoms with Crippen LogP contribution in [0.15, 0.2) is 64.3 Å². The first-order valence-electron chi connectivity index (χ1n) is 12.1. The number of nitrogens with zero attached hydrogens (tertiary/aromatic N) is 2. The molecular weight excluding hydrogens is 535 g/mol. The van der Waals surface area contributed by atoms with Gasteiger partial charge in [-0.25, -0.2) is 8.42 Å². The van der Waals surface area contributed by atoms with E-state index in [0.717, 1.165) is 23.0 Å². The number of nitrogens with one attached hydrogen (secondary N) is 1. The largest absolute Gasteiger partial charge is 0.416 e. The summed E-state index contributed by atoms with van der Waals surface area (Å²) in [5.74, 6) is -0.698. The third kappa shape index (κ3) is 6.75. The van der Waals surface area contributed by atoms with Crippen LogP contribution in [0.2, 0.25) is 0 Å². The summed E-state index contributed by atoms with van der Waals surface area (Å²) >= 11 is 0. The first-order valence-corrected chi connectivity index (χ1v) is 14.0. The number of aromatic nitrogens is 1. The van der Waals surface area contributed by atoms with E-state index >= 15 is 0 Å². The van der Waals surface area contributed by atoms with Gasteiger partial charge in [-0.2, -0.15) is 13.2 Å². The quantitative estimate of drug-likeness (QED) is 0.474. The summed E-state index contributed by atoms with van der Waals surface area (Å²) in [7, 11) is -3.38. The molecule has 4 rings (SSSR count). The molecule has 2 aromatic carbocycles. The Balaban J connectivity index is 1.71. The number of halogens is 3. The molecule has 0 saturated carbocycles. The molecule has 0 aliphatic carbocycles. The summed E-state index contributed by atoms with van der Waals surface area (Å²) in [6.07, 6.45) is -3.52. The lowest BCUT2D eigenvalue weighted by atomic mass is 10.1. The predicted molar refractivity (Wildman–Crippen MR) is 139 cm³/mol. The van der Waals surface area contributed by atoms with Crippen LogP contribution in [0.5, 0.6) is 0 Å². The SMILES string of the molecule is Cc1c(CN2CCOCC2)cc(C(=O)NCc2ccc(S(C)(=O)=O)cc2)c(=O)n1-c1cccc(C(F)(F)F)c1. The normalized spacial score (nSPS) is 14.8. The van der Waals surface area contributed by atoms with Crippen LogP contribution >= 0.6 is 0 Å². The highest BCUT2D eigenvalue weighted by molar-refractivity contribution is 7.90. The van der Waals surface area contributed by atoms with E-state index in [1.165, 1.54) is 30.3 Å². The van der Waals surface area contributed by atoms with Gasteiger partial charge in [-0.1, -0.05) is 18.2 Å². The predicted octanol–water partition coefficient (Wildman–Crippen LogP) is 3.33. The summed E-state index contributed by atoms with van der Waals surface area (Å²) < 4.78 is 70.2. The molecule has 1 aliphatic rings. The van der Waals surface area contributed by atoms with Crippen LogP contribution < -0.4 is 10.9 Å². The van der Waals surface area contributed by atoms with Crippen molar-refractivity contribution in [2.75, 3.05) is 32.6 Å². The monoisotopic (exact) mass is 563 g/mol. The number of benzene rings is 2. The first-order chi connectivity index (χ1) is 18.3. The molecule has 0 bridgehead atoms. The van der Waals surface area contributed by atoms with Gasteiger partial charge in [-0.05, 0) is 54.4 Å². The van der Waals surface area contributed by atoms with Crippen molar-refractivity contribution in [3.63, 3.8) is 0 Å². The van der Waals surface area contributed by atoms with E-state index in [2.05, 4.69) is 10.2 Å². The second kappa shape index (κ2) is 11.3. The second-order valence-corrected chi connectivity index (χ2v) is 11.4. The lowest BCUT2D eigenvalue weighted by molar-refractivity contribution is -0.137. The minimum atomic E-state index is -4.61. The number of sulfone groups is 1. The summed E-state index contributed by atoms with van der Waals surface area (Å²) in [4.78, 5) is 28.9. The number of hydrogen-bond acceptors (Lipinski definition) is 6. The summed E-state index contributed by atoms with van der Waals surface area (Å²) in [6.45, 7) is 4.35. The average Bonchev–Trinajstić information content (AvgIpc) is 2.89. The molecule has 0 radical (unpaired) electrons. The molecule has 1 saturated heterocycles. The number of amides is 1. The van der Waals surface area contributed by atoms with Crippen molar-refractivity contribution in [2.45, 2.75) is 31.1 Å². The van der Waals surface area contributed by atoms with Gasteiger partial charge in [0, 0.05) is 43.8 Å². The highest BCUT2D eigenvalue weighted by Crippen LogP contribution is 2.30. The molecule has 39 heavy (non-hydrogen) atoms. The highest BCUT2D eigenvalue weighted by atomic mass is 32.2. The summed E-state index contributed by atoms with van der Waals surface area (Å²) in [6, 6.07) is 11.9. The maximum Gasteiger partial charge on any atom is 0.416 e. The van der Waals surface area contributed by atoms with Gasteiger partial charge in [0.15, 0.2) is 9.84 Å². The maximum atomic E-state index is 13.5. The van der Waals surface area contributed by atoms with Gasteiger partial charge >= 0.3 is 6.18 Å². The standard InChI is InChI=1S/C27H28F3N3O5S/c1-18-20(17-32-10-12-38-13-11-32)14-24(25(34)31-16-19-6-8-23(9-7-19)39(2,36)37)26(35)33(18)22-5-3-4-21(15-22)27(28,29)30/h3-9,14-15H,10-13,16-17H2,1-2H3,(H,31,34). The molecule has 1 amide bonds. The maximum absolute atomic E-state index is 13.5. The highest BCUT2D eigenvalue weighted by Gasteiger charge is 2.31. The lowest BCUT2D eigenvalue weighted by Gasteiger charge is -2.28. The molecule has 0 unspecified atom stereocenters. The summed E-state index contributed by atoms with van der Waals surface area (Å²) in [5.41, 5.74) is -0.212. The van der Waals surface area contributed by atoms with Gasteiger partial charge in [0.05, 0.1) is 23.7 Å². The van der Waals surface area contributed by atoms with Gasteiger partial charge in [-0.15, -0.1) is 0 Å². The van der Waals surface area contributed by atoms with Crippen LogP contribution in [0, 0.1) is 6.92 Å². The fourth-order valence-corrected chi connectivity index (χ4v) is 4.97. The van der Waals surface area contributed by atoms with Crippen molar-refractivity contribution < 1.29 is 31.1 Å². The Morgan fingerprint density at radius 3 is 2.33 bits per heavy atom. The summed E-state index contributed by atoms with van der Waals surface area (Å²) in [5, 5.41) is 2.66. The van der Waals surface area contributed by atoms with Crippen molar-refractivity contribution in [3.05, 3.63) is 92.9 Å². The number of pyridine rings is 1. The Morgan fingerprint density at radius 1 is 1.05 bits per heavy atom. The molecule has 8 nitrogen and oxygen atoms in total. The number of ether oxygens (including phenoxy) is 1. The Bertz CT molecular complexity index is 1530. The zero-order valence-electron chi connectivity index (χ0n) is 21.4. The number of morpholine rings is 1. The van der Waals surface area contributed by atoms with Crippen LogP contribution in [0.3, 0.4) is 0 Å². The van der Waals surface area contributed by atoms with Crippen molar-refractivity contribution >= 4 is 15.7 Å². The lowest BCUT2D eigenvalue weighted by Crippen LogP contribution is -2.38. The molecular formula is C27H28F3N3O5S. The van der Waals surface area contributed by atoms with Gasteiger partial charge < -0.3 is 10.1 Å². The van der Waals surface area contributed by atoms with Crippen molar-refractivity contribution in [2.24, 2.45) is 0 Å². The molecule has 1 aromatic heterocycles. The van der Waals surface area contributed by atoms with Gasteiger partial charge in [0.25, 0.3) is 11.5 Å². The van der Waals surface area contributed by atoms with Gasteiger partial charge in [-0.3, -0.25) is 19.1 Å². The molecule has 1 fully saturated rings. The number of rotatable bonds is 7. The van der Waals surface area contributed by atoms with Crippen LogP contribution in [0.25, 0.3) is 5.69 Å². The fraction of sp³-hybridized carbons (Fsp3) is 0.333. The Morgan fingerprint density at radius 2 is 1.72 bits per heavy atom. The molecule has 1 N–H and O–H groups in total. The molecule has 12 heteroatoms.